The highest BCUT2D eigenvalue weighted by Gasteiger charge is 2.39. The molecule has 2 unspecified atom stereocenters. The van der Waals surface area contributed by atoms with Crippen molar-refractivity contribution >= 4 is 34.3 Å². The molecule has 1 aromatic rings. The quantitative estimate of drug-likeness (QED) is 0.746. The van der Waals surface area contributed by atoms with Gasteiger partial charge in [0.25, 0.3) is 0 Å². The van der Waals surface area contributed by atoms with Gasteiger partial charge in [-0.3, -0.25) is 14.4 Å². The molecule has 2 aliphatic heterocycles. The van der Waals surface area contributed by atoms with Crippen molar-refractivity contribution in [3.63, 3.8) is 0 Å². The van der Waals surface area contributed by atoms with E-state index in [0.717, 1.165) is 29.8 Å². The molecule has 4 rings (SSSR count). The number of hydrogen-bond donors (Lipinski definition) is 1. The number of aromatic nitrogens is 1. The van der Waals surface area contributed by atoms with E-state index in [4.69, 9.17) is 9.47 Å². The number of nitrogens with zero attached hydrogens (tertiary/aromatic N) is 2. The molecule has 0 bridgehead atoms. The van der Waals surface area contributed by atoms with Crippen LogP contribution in [0.1, 0.15) is 49.1 Å². The molecular weight excluding hydrogens is 382 g/mol. The Morgan fingerprint density at radius 2 is 2.11 bits per heavy atom. The van der Waals surface area contributed by atoms with Crippen LogP contribution in [0, 0.1) is 5.92 Å². The zero-order valence-corrected chi connectivity index (χ0v) is 16.8. The van der Waals surface area contributed by atoms with E-state index in [2.05, 4.69) is 10.3 Å². The standard InChI is InChI=1S/C19H25N3O5S/c1-2-27-18(25)13-3-4-14-16(13)20-19(28-14)21-17(24)11-9-15(23)22(10-11)12-5-7-26-8-6-12/h11-13H,2-10H2,1H3,(H,20,21,24). The number of carbonyl (C=O) groups excluding carboxylic acids is 3. The molecular formula is C19H25N3O5S. The maximum Gasteiger partial charge on any atom is 0.315 e. The number of ether oxygens (including phenoxy) is 2. The first-order valence-corrected chi connectivity index (χ1v) is 10.7. The fraction of sp³-hybridized carbons (Fsp3) is 0.684. The van der Waals surface area contributed by atoms with Gasteiger partial charge in [-0.1, -0.05) is 0 Å². The summed E-state index contributed by atoms with van der Waals surface area (Å²) in [6.07, 6.45) is 3.37. The number of aryl methyl sites for hydroxylation is 1. The number of rotatable bonds is 5. The summed E-state index contributed by atoms with van der Waals surface area (Å²) < 4.78 is 10.5. The molecule has 0 aromatic carbocycles. The molecule has 2 amide bonds. The van der Waals surface area contributed by atoms with Crippen LogP contribution in [-0.2, 0) is 30.3 Å². The summed E-state index contributed by atoms with van der Waals surface area (Å²) in [7, 11) is 0. The van der Waals surface area contributed by atoms with Crippen molar-refractivity contribution in [2.45, 2.75) is 51.0 Å². The summed E-state index contributed by atoms with van der Waals surface area (Å²) in [6.45, 7) is 3.91. The van der Waals surface area contributed by atoms with Gasteiger partial charge in [0.15, 0.2) is 5.13 Å². The topological polar surface area (TPSA) is 97.8 Å². The van der Waals surface area contributed by atoms with Crippen molar-refractivity contribution in [3.05, 3.63) is 10.6 Å². The van der Waals surface area contributed by atoms with Crippen LogP contribution in [0.5, 0.6) is 0 Å². The third kappa shape index (κ3) is 3.77. The van der Waals surface area contributed by atoms with Gasteiger partial charge in [0.05, 0.1) is 18.2 Å². The number of thiazole rings is 1. The number of nitrogens with one attached hydrogen (secondary N) is 1. The van der Waals surface area contributed by atoms with Gasteiger partial charge in [-0.25, -0.2) is 4.98 Å². The highest BCUT2D eigenvalue weighted by molar-refractivity contribution is 7.16. The molecule has 28 heavy (non-hydrogen) atoms. The Hall–Kier alpha value is -2.00. The Morgan fingerprint density at radius 1 is 1.32 bits per heavy atom. The van der Waals surface area contributed by atoms with E-state index in [1.54, 1.807) is 6.92 Å². The molecule has 1 aliphatic carbocycles. The van der Waals surface area contributed by atoms with Gasteiger partial charge >= 0.3 is 5.97 Å². The van der Waals surface area contributed by atoms with Crippen LogP contribution in [0.3, 0.4) is 0 Å². The van der Waals surface area contributed by atoms with Crippen molar-refractivity contribution in [3.8, 4) is 0 Å². The van der Waals surface area contributed by atoms with E-state index in [1.807, 2.05) is 4.90 Å². The van der Waals surface area contributed by atoms with E-state index in [-0.39, 0.29) is 42.1 Å². The van der Waals surface area contributed by atoms with Crippen LogP contribution in [0.2, 0.25) is 0 Å². The lowest BCUT2D eigenvalue weighted by molar-refractivity contribution is -0.145. The van der Waals surface area contributed by atoms with Gasteiger partial charge in [0.2, 0.25) is 11.8 Å². The molecule has 2 saturated heterocycles. The van der Waals surface area contributed by atoms with Gasteiger partial charge in [-0.05, 0) is 32.6 Å². The molecule has 3 heterocycles. The van der Waals surface area contributed by atoms with Crippen molar-refractivity contribution in [1.29, 1.82) is 0 Å². The maximum atomic E-state index is 12.7. The molecule has 152 valence electrons. The largest absolute Gasteiger partial charge is 0.465 e. The Bertz CT molecular complexity index is 774. The molecule has 9 heteroatoms. The van der Waals surface area contributed by atoms with Gasteiger partial charge in [-0.2, -0.15) is 0 Å². The fourth-order valence-electron chi connectivity index (χ4n) is 4.22. The molecule has 0 saturated carbocycles. The van der Waals surface area contributed by atoms with Gasteiger partial charge in [-0.15, -0.1) is 11.3 Å². The van der Waals surface area contributed by atoms with Crippen molar-refractivity contribution in [2.75, 3.05) is 31.7 Å². The predicted molar refractivity (Wildman–Crippen MR) is 102 cm³/mol. The zero-order chi connectivity index (χ0) is 19.7. The number of hydrogen-bond acceptors (Lipinski definition) is 7. The summed E-state index contributed by atoms with van der Waals surface area (Å²) in [5.41, 5.74) is 0.727. The van der Waals surface area contributed by atoms with Crippen molar-refractivity contribution in [1.82, 2.24) is 9.88 Å². The Labute approximate surface area is 167 Å². The predicted octanol–water partition coefficient (Wildman–Crippen LogP) is 1.70. The highest BCUT2D eigenvalue weighted by atomic mass is 32.1. The highest BCUT2D eigenvalue weighted by Crippen LogP contribution is 2.39. The lowest BCUT2D eigenvalue weighted by atomic mass is 10.1. The minimum atomic E-state index is -0.366. The molecule has 0 radical (unpaired) electrons. The second kappa shape index (κ2) is 8.16. The van der Waals surface area contributed by atoms with Crippen LogP contribution in [-0.4, -0.2) is 60.1 Å². The molecule has 2 fully saturated rings. The molecule has 2 atom stereocenters. The average molecular weight is 407 g/mol. The summed E-state index contributed by atoms with van der Waals surface area (Å²) >= 11 is 1.41. The lowest BCUT2D eigenvalue weighted by Crippen LogP contribution is -2.41. The monoisotopic (exact) mass is 407 g/mol. The van der Waals surface area contributed by atoms with E-state index >= 15 is 0 Å². The first-order valence-electron chi connectivity index (χ1n) is 9.91. The summed E-state index contributed by atoms with van der Waals surface area (Å²) in [5.74, 6) is -1.10. The van der Waals surface area contributed by atoms with Crippen LogP contribution >= 0.6 is 11.3 Å². The minimum Gasteiger partial charge on any atom is -0.465 e. The molecule has 3 aliphatic rings. The third-order valence-electron chi connectivity index (χ3n) is 5.68. The van der Waals surface area contributed by atoms with Gasteiger partial charge in [0, 0.05) is 37.1 Å². The van der Waals surface area contributed by atoms with Crippen LogP contribution in [0.25, 0.3) is 0 Å². The van der Waals surface area contributed by atoms with E-state index in [1.165, 1.54) is 11.3 Å². The van der Waals surface area contributed by atoms with E-state index in [0.29, 0.717) is 37.9 Å². The van der Waals surface area contributed by atoms with E-state index < -0.39 is 0 Å². The first kappa shape index (κ1) is 19.3. The maximum absolute atomic E-state index is 12.7. The second-order valence-electron chi connectivity index (χ2n) is 7.45. The average Bonchev–Trinajstić information content (AvgIpc) is 3.36. The van der Waals surface area contributed by atoms with Gasteiger partial charge in [0.1, 0.15) is 5.92 Å². The first-order chi connectivity index (χ1) is 13.6. The second-order valence-corrected chi connectivity index (χ2v) is 8.53. The normalized spacial score (nSPS) is 25.0. The van der Waals surface area contributed by atoms with Crippen LogP contribution in [0.4, 0.5) is 5.13 Å². The number of amides is 2. The van der Waals surface area contributed by atoms with Gasteiger partial charge < -0.3 is 19.7 Å². The Morgan fingerprint density at radius 3 is 2.86 bits per heavy atom. The molecule has 0 spiro atoms. The van der Waals surface area contributed by atoms with Crippen LogP contribution in [0.15, 0.2) is 0 Å². The Kier molecular flexibility index (Phi) is 5.63. The fourth-order valence-corrected chi connectivity index (χ4v) is 5.26. The number of anilines is 1. The third-order valence-corrected chi connectivity index (χ3v) is 6.73. The van der Waals surface area contributed by atoms with Crippen molar-refractivity contribution < 1.29 is 23.9 Å². The van der Waals surface area contributed by atoms with Crippen molar-refractivity contribution in [2.24, 2.45) is 5.92 Å². The zero-order valence-electron chi connectivity index (χ0n) is 15.9. The summed E-state index contributed by atoms with van der Waals surface area (Å²) in [6, 6.07) is 0.174. The number of fused-ring (bicyclic) bond motifs is 1. The molecule has 1 aromatic heterocycles. The SMILES string of the molecule is CCOC(=O)C1CCc2sc(NC(=O)C3CC(=O)N(C4CCOCC4)C3)nc21. The smallest absolute Gasteiger partial charge is 0.315 e. The number of carbonyl (C=O) groups is 3. The number of esters is 1. The van der Waals surface area contributed by atoms with Crippen LogP contribution < -0.4 is 5.32 Å². The molecule has 8 nitrogen and oxygen atoms in total. The van der Waals surface area contributed by atoms with E-state index in [9.17, 15) is 14.4 Å². The Balaban J connectivity index is 1.38. The lowest BCUT2D eigenvalue weighted by Gasteiger charge is -2.31. The molecule has 1 N–H and O–H groups in total. The minimum absolute atomic E-state index is 0.0380. The summed E-state index contributed by atoms with van der Waals surface area (Å²) in [4.78, 5) is 44.5. The number of likely N-dealkylation sites (tertiary alicyclic amines) is 1. The summed E-state index contributed by atoms with van der Waals surface area (Å²) in [5, 5.41) is 3.36.